The number of imidazole rings is 1. The number of nitrogens with zero attached hydrogens (tertiary/aromatic N) is 1. The molecule has 3 aromatic rings. The van der Waals surface area contributed by atoms with Gasteiger partial charge < -0.3 is 9.55 Å². The van der Waals surface area contributed by atoms with E-state index in [0.29, 0.717) is 21.7 Å². The van der Waals surface area contributed by atoms with E-state index in [4.69, 9.17) is 12.2 Å². The van der Waals surface area contributed by atoms with Crippen molar-refractivity contribution in [3.8, 4) is 0 Å². The maximum atomic E-state index is 13.8. The SMILES string of the molecule is CC(Cn1c(=S)[nH]c2cc(Br)c(F)cc21)c1ccccc1. The number of aromatic nitrogens is 2. The molecule has 1 unspecified atom stereocenters. The summed E-state index contributed by atoms with van der Waals surface area (Å²) in [5, 5.41) is 0. The van der Waals surface area contributed by atoms with E-state index in [2.05, 4.69) is 40.0 Å². The molecule has 1 aromatic heterocycles. The van der Waals surface area contributed by atoms with E-state index < -0.39 is 0 Å². The molecule has 0 amide bonds. The van der Waals surface area contributed by atoms with Crippen LogP contribution in [0.1, 0.15) is 18.4 Å². The Balaban J connectivity index is 2.03. The first-order valence-corrected chi connectivity index (χ1v) is 7.89. The molecule has 21 heavy (non-hydrogen) atoms. The van der Waals surface area contributed by atoms with Gasteiger partial charge in [-0.05, 0) is 45.7 Å². The number of benzene rings is 2. The minimum atomic E-state index is -0.280. The number of hydrogen-bond acceptors (Lipinski definition) is 1. The van der Waals surface area contributed by atoms with Crippen LogP contribution < -0.4 is 0 Å². The predicted molar refractivity (Wildman–Crippen MR) is 89.6 cm³/mol. The van der Waals surface area contributed by atoms with Gasteiger partial charge in [0, 0.05) is 12.6 Å². The summed E-state index contributed by atoms with van der Waals surface area (Å²) in [5.41, 5.74) is 2.88. The van der Waals surface area contributed by atoms with E-state index in [-0.39, 0.29) is 5.82 Å². The van der Waals surface area contributed by atoms with Gasteiger partial charge >= 0.3 is 0 Å². The van der Waals surface area contributed by atoms with Gasteiger partial charge in [0.25, 0.3) is 0 Å². The van der Waals surface area contributed by atoms with Crippen LogP contribution in [0, 0.1) is 10.6 Å². The molecule has 2 aromatic carbocycles. The van der Waals surface area contributed by atoms with Crippen LogP contribution in [0.2, 0.25) is 0 Å². The number of fused-ring (bicyclic) bond motifs is 1. The summed E-state index contributed by atoms with van der Waals surface area (Å²) in [6.07, 6.45) is 0. The van der Waals surface area contributed by atoms with Crippen LogP contribution in [0.15, 0.2) is 46.9 Å². The van der Waals surface area contributed by atoms with Crippen molar-refractivity contribution in [2.45, 2.75) is 19.4 Å². The lowest BCUT2D eigenvalue weighted by Crippen LogP contribution is -2.06. The summed E-state index contributed by atoms with van der Waals surface area (Å²) in [6.45, 7) is 2.86. The van der Waals surface area contributed by atoms with Crippen molar-refractivity contribution in [3.63, 3.8) is 0 Å². The van der Waals surface area contributed by atoms with Crippen LogP contribution in [-0.2, 0) is 6.54 Å². The van der Waals surface area contributed by atoms with Crippen molar-refractivity contribution in [1.29, 1.82) is 0 Å². The van der Waals surface area contributed by atoms with Gasteiger partial charge in [-0.15, -0.1) is 0 Å². The third-order valence-electron chi connectivity index (χ3n) is 3.64. The highest BCUT2D eigenvalue weighted by atomic mass is 79.9. The first kappa shape index (κ1) is 14.5. The van der Waals surface area contributed by atoms with E-state index in [0.717, 1.165) is 11.0 Å². The Labute approximate surface area is 135 Å². The minimum Gasteiger partial charge on any atom is -0.331 e. The summed E-state index contributed by atoms with van der Waals surface area (Å²) in [4.78, 5) is 3.13. The molecule has 108 valence electrons. The summed E-state index contributed by atoms with van der Waals surface area (Å²) in [6, 6.07) is 13.5. The maximum Gasteiger partial charge on any atom is 0.178 e. The first-order chi connectivity index (χ1) is 10.1. The van der Waals surface area contributed by atoms with Crippen LogP contribution in [0.3, 0.4) is 0 Å². The number of H-pyrrole nitrogens is 1. The van der Waals surface area contributed by atoms with Crippen LogP contribution in [0.5, 0.6) is 0 Å². The molecule has 0 fully saturated rings. The van der Waals surface area contributed by atoms with Crippen molar-refractivity contribution < 1.29 is 4.39 Å². The highest BCUT2D eigenvalue weighted by molar-refractivity contribution is 9.10. The Hall–Kier alpha value is -1.46. The lowest BCUT2D eigenvalue weighted by molar-refractivity contribution is 0.599. The van der Waals surface area contributed by atoms with Crippen LogP contribution in [0.25, 0.3) is 11.0 Å². The Bertz CT molecular complexity index is 839. The van der Waals surface area contributed by atoms with E-state index in [1.165, 1.54) is 11.6 Å². The molecule has 1 atom stereocenters. The van der Waals surface area contributed by atoms with Gasteiger partial charge in [-0.25, -0.2) is 4.39 Å². The van der Waals surface area contributed by atoms with Crippen molar-refractivity contribution in [2.24, 2.45) is 0 Å². The van der Waals surface area contributed by atoms with Crippen molar-refractivity contribution in [1.82, 2.24) is 9.55 Å². The smallest absolute Gasteiger partial charge is 0.178 e. The highest BCUT2D eigenvalue weighted by Crippen LogP contribution is 2.25. The third kappa shape index (κ3) is 2.80. The number of nitrogens with one attached hydrogen (secondary N) is 1. The van der Waals surface area contributed by atoms with E-state index in [1.807, 2.05) is 22.8 Å². The minimum absolute atomic E-state index is 0.280. The van der Waals surface area contributed by atoms with Crippen LogP contribution in [0.4, 0.5) is 4.39 Å². The molecule has 0 spiro atoms. The van der Waals surface area contributed by atoms with Gasteiger partial charge in [-0.3, -0.25) is 0 Å². The number of halogens is 2. The normalized spacial score (nSPS) is 12.7. The summed E-state index contributed by atoms with van der Waals surface area (Å²) in [5.74, 6) is 0.0150. The highest BCUT2D eigenvalue weighted by Gasteiger charge is 2.12. The van der Waals surface area contributed by atoms with Gasteiger partial charge in [-0.1, -0.05) is 37.3 Å². The topological polar surface area (TPSA) is 20.7 Å². The van der Waals surface area contributed by atoms with Crippen LogP contribution >= 0.6 is 28.1 Å². The van der Waals surface area contributed by atoms with E-state index in [1.54, 1.807) is 6.07 Å². The molecule has 0 saturated carbocycles. The Kier molecular flexibility index (Phi) is 3.95. The number of aromatic amines is 1. The Morgan fingerprint density at radius 1 is 1.29 bits per heavy atom. The Morgan fingerprint density at radius 3 is 2.71 bits per heavy atom. The molecule has 0 aliphatic rings. The average Bonchev–Trinajstić information content (AvgIpc) is 2.76. The van der Waals surface area contributed by atoms with Crippen molar-refractivity contribution in [3.05, 3.63) is 63.1 Å². The van der Waals surface area contributed by atoms with Crippen molar-refractivity contribution >= 4 is 39.2 Å². The van der Waals surface area contributed by atoms with Gasteiger partial charge in [0.15, 0.2) is 4.77 Å². The Morgan fingerprint density at radius 2 is 2.00 bits per heavy atom. The molecule has 0 bridgehead atoms. The molecule has 2 nitrogen and oxygen atoms in total. The molecule has 0 aliphatic heterocycles. The average molecular weight is 365 g/mol. The second-order valence-corrected chi connectivity index (χ2v) is 6.38. The quantitative estimate of drug-likeness (QED) is 0.616. The molecule has 5 heteroatoms. The summed E-state index contributed by atoms with van der Waals surface area (Å²) < 4.78 is 16.8. The summed E-state index contributed by atoms with van der Waals surface area (Å²) in [7, 11) is 0. The third-order valence-corrected chi connectivity index (χ3v) is 4.57. The van der Waals surface area contributed by atoms with Gasteiger partial charge in [0.1, 0.15) is 5.82 Å². The van der Waals surface area contributed by atoms with Gasteiger partial charge in [0.05, 0.1) is 15.5 Å². The molecule has 0 radical (unpaired) electrons. The molecule has 0 aliphatic carbocycles. The van der Waals surface area contributed by atoms with Gasteiger partial charge in [0.2, 0.25) is 0 Å². The predicted octanol–water partition coefficient (Wildman–Crippen LogP) is 5.40. The van der Waals surface area contributed by atoms with Crippen LogP contribution in [-0.4, -0.2) is 9.55 Å². The maximum absolute atomic E-state index is 13.8. The van der Waals surface area contributed by atoms with Gasteiger partial charge in [-0.2, -0.15) is 0 Å². The van der Waals surface area contributed by atoms with E-state index in [9.17, 15) is 4.39 Å². The largest absolute Gasteiger partial charge is 0.331 e. The molecular formula is C16H14BrFN2S. The first-order valence-electron chi connectivity index (χ1n) is 6.69. The van der Waals surface area contributed by atoms with Crippen molar-refractivity contribution in [2.75, 3.05) is 0 Å². The number of hydrogen-bond donors (Lipinski definition) is 1. The summed E-state index contributed by atoms with van der Waals surface area (Å²) >= 11 is 8.58. The van der Waals surface area contributed by atoms with E-state index >= 15 is 0 Å². The monoisotopic (exact) mass is 364 g/mol. The molecule has 1 N–H and O–H groups in total. The second-order valence-electron chi connectivity index (χ2n) is 5.14. The zero-order chi connectivity index (χ0) is 15.0. The molecule has 3 rings (SSSR count). The fraction of sp³-hybridized carbons (Fsp3) is 0.188. The number of rotatable bonds is 3. The zero-order valence-electron chi connectivity index (χ0n) is 11.4. The lowest BCUT2D eigenvalue weighted by atomic mass is 10.0. The molecule has 0 saturated heterocycles. The zero-order valence-corrected chi connectivity index (χ0v) is 13.8. The molecule has 1 heterocycles. The molecular weight excluding hydrogens is 351 g/mol. The fourth-order valence-corrected chi connectivity index (χ4v) is 3.12. The second kappa shape index (κ2) is 5.73. The standard InChI is InChI=1S/C16H14BrFN2S/c1-10(11-5-3-2-4-6-11)9-20-15-8-13(18)12(17)7-14(15)19-16(20)21/h2-8,10H,9H2,1H3,(H,19,21). The lowest BCUT2D eigenvalue weighted by Gasteiger charge is -2.13. The fourth-order valence-electron chi connectivity index (χ4n) is 2.49.